The number of hydrogen-bond donors (Lipinski definition) is 1. The number of benzene rings is 1. The predicted octanol–water partition coefficient (Wildman–Crippen LogP) is 3.70. The lowest BCUT2D eigenvalue weighted by Crippen LogP contribution is -2.11. The highest BCUT2D eigenvalue weighted by atomic mass is 32.2. The standard InChI is InChI=1S/C13H14F3NOS/c1-3-17-12(19-2)8-11(18)9-4-6-10(7-5-9)13(14,15)16/h4-8,17H,3H2,1-2H3. The maximum absolute atomic E-state index is 12.4. The van der Waals surface area contributed by atoms with Crippen LogP contribution in [0.25, 0.3) is 0 Å². The molecule has 1 rings (SSSR count). The van der Waals surface area contributed by atoms with Gasteiger partial charge >= 0.3 is 6.18 Å². The van der Waals surface area contributed by atoms with Crippen molar-refractivity contribution in [2.75, 3.05) is 12.8 Å². The smallest absolute Gasteiger partial charge is 0.380 e. The van der Waals surface area contributed by atoms with Gasteiger partial charge in [-0.3, -0.25) is 4.79 Å². The predicted molar refractivity (Wildman–Crippen MR) is 71.0 cm³/mol. The van der Waals surface area contributed by atoms with Crippen LogP contribution in [0.3, 0.4) is 0 Å². The molecule has 0 unspecified atom stereocenters. The second-order valence-electron chi connectivity index (χ2n) is 3.68. The van der Waals surface area contributed by atoms with Crippen LogP contribution in [0.1, 0.15) is 22.8 Å². The van der Waals surface area contributed by atoms with Gasteiger partial charge in [0.2, 0.25) is 0 Å². The molecule has 0 atom stereocenters. The van der Waals surface area contributed by atoms with Crippen LogP contribution >= 0.6 is 11.8 Å². The molecule has 0 fully saturated rings. The third-order valence-electron chi connectivity index (χ3n) is 2.33. The Balaban J connectivity index is 2.89. The van der Waals surface area contributed by atoms with Crippen molar-refractivity contribution in [1.29, 1.82) is 0 Å². The number of rotatable bonds is 5. The number of carbonyl (C=O) groups excluding carboxylic acids is 1. The molecule has 0 saturated heterocycles. The summed E-state index contributed by atoms with van der Waals surface area (Å²) in [4.78, 5) is 11.8. The normalized spacial score (nSPS) is 12.4. The topological polar surface area (TPSA) is 29.1 Å². The van der Waals surface area contributed by atoms with Gasteiger partial charge in [0.1, 0.15) is 0 Å². The third kappa shape index (κ3) is 4.63. The first kappa shape index (κ1) is 15.6. The van der Waals surface area contributed by atoms with Crippen LogP contribution in [0.4, 0.5) is 13.2 Å². The van der Waals surface area contributed by atoms with Crippen LogP contribution in [0, 0.1) is 0 Å². The summed E-state index contributed by atoms with van der Waals surface area (Å²) in [5, 5.41) is 3.68. The van der Waals surface area contributed by atoms with Crippen molar-refractivity contribution in [2.45, 2.75) is 13.1 Å². The van der Waals surface area contributed by atoms with E-state index >= 15 is 0 Å². The molecule has 0 heterocycles. The van der Waals surface area contributed by atoms with Crippen molar-refractivity contribution in [2.24, 2.45) is 0 Å². The summed E-state index contributed by atoms with van der Waals surface area (Å²) in [5.41, 5.74) is -0.526. The molecule has 0 amide bonds. The van der Waals surface area contributed by atoms with Crippen molar-refractivity contribution in [3.8, 4) is 0 Å². The van der Waals surface area contributed by atoms with Crippen molar-refractivity contribution < 1.29 is 18.0 Å². The number of halogens is 3. The number of thioether (sulfide) groups is 1. The van der Waals surface area contributed by atoms with Gasteiger partial charge in [0.15, 0.2) is 5.78 Å². The molecule has 0 aliphatic rings. The fourth-order valence-electron chi connectivity index (χ4n) is 1.38. The number of hydrogen-bond acceptors (Lipinski definition) is 3. The lowest BCUT2D eigenvalue weighted by atomic mass is 10.1. The summed E-state index contributed by atoms with van der Waals surface area (Å²) in [6, 6.07) is 4.19. The molecule has 0 aliphatic carbocycles. The maximum atomic E-state index is 12.4. The molecule has 19 heavy (non-hydrogen) atoms. The van der Waals surface area contributed by atoms with E-state index in [1.54, 1.807) is 0 Å². The molecular formula is C13H14F3NOS. The van der Waals surface area contributed by atoms with Gasteiger partial charge in [0, 0.05) is 18.2 Å². The van der Waals surface area contributed by atoms with Crippen molar-refractivity contribution in [1.82, 2.24) is 5.32 Å². The summed E-state index contributed by atoms with van der Waals surface area (Å²) in [6.45, 7) is 2.57. The molecule has 104 valence electrons. The molecule has 6 heteroatoms. The fourth-order valence-corrected chi connectivity index (χ4v) is 1.90. The number of ketones is 1. The Labute approximate surface area is 114 Å². The Hall–Kier alpha value is -1.43. The zero-order valence-corrected chi connectivity index (χ0v) is 11.4. The molecule has 0 bridgehead atoms. The Kier molecular flexibility index (Phi) is 5.47. The van der Waals surface area contributed by atoms with Gasteiger partial charge in [-0.1, -0.05) is 12.1 Å². The summed E-state index contributed by atoms with van der Waals surface area (Å²) in [6.07, 6.45) is -1.18. The average Bonchev–Trinajstić information content (AvgIpc) is 2.37. The average molecular weight is 289 g/mol. The van der Waals surface area contributed by atoms with E-state index < -0.39 is 11.7 Å². The first-order chi connectivity index (χ1) is 8.88. The van der Waals surface area contributed by atoms with E-state index in [-0.39, 0.29) is 11.3 Å². The van der Waals surface area contributed by atoms with Crippen LogP contribution in [-0.4, -0.2) is 18.6 Å². The molecular weight excluding hydrogens is 275 g/mol. The zero-order valence-electron chi connectivity index (χ0n) is 10.5. The Morgan fingerprint density at radius 2 is 1.89 bits per heavy atom. The Morgan fingerprint density at radius 1 is 1.32 bits per heavy atom. The minimum atomic E-state index is -4.38. The van der Waals surface area contributed by atoms with Gasteiger partial charge in [0.25, 0.3) is 0 Å². The van der Waals surface area contributed by atoms with E-state index in [1.165, 1.54) is 30.0 Å². The largest absolute Gasteiger partial charge is 0.416 e. The van der Waals surface area contributed by atoms with Crippen LogP contribution in [0.5, 0.6) is 0 Å². The second kappa shape index (κ2) is 6.65. The minimum Gasteiger partial charge on any atom is -0.380 e. The van der Waals surface area contributed by atoms with Crippen LogP contribution in [0.15, 0.2) is 35.4 Å². The molecule has 1 N–H and O–H groups in total. The fraction of sp³-hybridized carbons (Fsp3) is 0.308. The number of allylic oxidation sites excluding steroid dienone is 1. The quantitative estimate of drug-likeness (QED) is 0.662. The van der Waals surface area contributed by atoms with E-state index in [0.29, 0.717) is 11.6 Å². The Bertz CT molecular complexity index is 466. The molecule has 0 radical (unpaired) electrons. The second-order valence-corrected chi connectivity index (χ2v) is 4.53. The van der Waals surface area contributed by atoms with Crippen LogP contribution in [0.2, 0.25) is 0 Å². The number of nitrogens with one attached hydrogen (secondary N) is 1. The summed E-state index contributed by atoms with van der Waals surface area (Å²) in [5.74, 6) is -0.320. The summed E-state index contributed by atoms with van der Waals surface area (Å²) < 4.78 is 37.1. The number of carbonyl (C=O) groups is 1. The lowest BCUT2D eigenvalue weighted by molar-refractivity contribution is -0.137. The highest BCUT2D eigenvalue weighted by molar-refractivity contribution is 8.02. The molecule has 1 aromatic rings. The molecule has 0 spiro atoms. The van der Waals surface area contributed by atoms with E-state index in [4.69, 9.17) is 0 Å². The van der Waals surface area contributed by atoms with Crippen LogP contribution in [-0.2, 0) is 6.18 Å². The lowest BCUT2D eigenvalue weighted by Gasteiger charge is -2.07. The highest BCUT2D eigenvalue weighted by Crippen LogP contribution is 2.29. The van der Waals surface area contributed by atoms with Gasteiger partial charge in [-0.25, -0.2) is 0 Å². The number of alkyl halides is 3. The molecule has 2 nitrogen and oxygen atoms in total. The van der Waals surface area contributed by atoms with E-state index in [9.17, 15) is 18.0 Å². The first-order valence-electron chi connectivity index (χ1n) is 5.59. The highest BCUT2D eigenvalue weighted by Gasteiger charge is 2.30. The SMILES string of the molecule is CCNC(=CC(=O)c1ccc(C(F)(F)F)cc1)SC. The van der Waals surface area contributed by atoms with Gasteiger partial charge < -0.3 is 5.32 Å². The summed E-state index contributed by atoms with van der Waals surface area (Å²) >= 11 is 1.37. The monoisotopic (exact) mass is 289 g/mol. The summed E-state index contributed by atoms with van der Waals surface area (Å²) in [7, 11) is 0. The molecule has 0 aliphatic heterocycles. The van der Waals surface area contributed by atoms with Gasteiger partial charge in [-0.2, -0.15) is 13.2 Å². The first-order valence-corrected chi connectivity index (χ1v) is 6.82. The molecule has 0 saturated carbocycles. The van der Waals surface area contributed by atoms with Crippen molar-refractivity contribution in [3.63, 3.8) is 0 Å². The van der Waals surface area contributed by atoms with Crippen molar-refractivity contribution >= 4 is 17.5 Å². The minimum absolute atomic E-state index is 0.234. The Morgan fingerprint density at radius 3 is 2.32 bits per heavy atom. The van der Waals surface area contributed by atoms with E-state index in [2.05, 4.69) is 5.32 Å². The molecule has 0 aromatic heterocycles. The van der Waals surface area contributed by atoms with Gasteiger partial charge in [-0.15, -0.1) is 11.8 Å². The van der Waals surface area contributed by atoms with E-state index in [0.717, 1.165) is 12.1 Å². The molecule has 1 aromatic carbocycles. The van der Waals surface area contributed by atoms with Gasteiger partial charge in [0.05, 0.1) is 10.6 Å². The van der Waals surface area contributed by atoms with Crippen molar-refractivity contribution in [3.05, 3.63) is 46.5 Å². The van der Waals surface area contributed by atoms with E-state index in [1.807, 2.05) is 13.2 Å². The zero-order chi connectivity index (χ0) is 14.5. The maximum Gasteiger partial charge on any atom is 0.416 e. The van der Waals surface area contributed by atoms with Crippen LogP contribution < -0.4 is 5.32 Å². The third-order valence-corrected chi connectivity index (χ3v) is 3.03. The van der Waals surface area contributed by atoms with Gasteiger partial charge in [-0.05, 0) is 25.3 Å².